The minimum Gasteiger partial charge on any atom is -0.481 e. The molecule has 0 bridgehead atoms. The monoisotopic (exact) mass is 872 g/mol. The highest BCUT2D eigenvalue weighted by Gasteiger charge is 2.26. The summed E-state index contributed by atoms with van der Waals surface area (Å²) in [6.07, 6.45) is 12.7. The Labute approximate surface area is 375 Å². The van der Waals surface area contributed by atoms with Crippen LogP contribution in [0.15, 0.2) is 85.1 Å². The summed E-state index contributed by atoms with van der Waals surface area (Å²) in [6.45, 7) is 4.24. The molecule has 1 aromatic heterocycles. The van der Waals surface area contributed by atoms with Gasteiger partial charge in [0.25, 0.3) is 17.7 Å². The number of aliphatic carboxylic acids is 1. The molecule has 3 aliphatic heterocycles. The lowest BCUT2D eigenvalue weighted by molar-refractivity contribution is -0.137. The molecule has 4 amide bonds. The summed E-state index contributed by atoms with van der Waals surface area (Å²) in [6, 6.07) is 23.1. The predicted molar refractivity (Wildman–Crippen MR) is 246 cm³/mol. The average molecular weight is 873 g/mol. The number of pyridine rings is 1. The first-order valence-corrected chi connectivity index (χ1v) is 23.1. The van der Waals surface area contributed by atoms with Crippen molar-refractivity contribution < 1.29 is 33.5 Å². The Morgan fingerprint density at radius 2 is 1.33 bits per heavy atom. The molecule has 0 saturated carbocycles. The molecule has 0 atom stereocenters. The second-order valence-electron chi connectivity index (χ2n) is 17.6. The number of carboxylic acids is 1. The fourth-order valence-corrected chi connectivity index (χ4v) is 9.34. The van der Waals surface area contributed by atoms with Crippen molar-refractivity contribution in [2.75, 3.05) is 49.5 Å². The molecule has 0 radical (unpaired) electrons. The van der Waals surface area contributed by atoms with Gasteiger partial charge in [0.15, 0.2) is 0 Å². The second kappa shape index (κ2) is 22.5. The molecular formula is C51H61FN6O6. The van der Waals surface area contributed by atoms with Crippen molar-refractivity contribution in [3.63, 3.8) is 0 Å². The number of benzene rings is 3. The summed E-state index contributed by atoms with van der Waals surface area (Å²) in [7, 11) is 0. The normalized spacial score (nSPS) is 16.0. The van der Waals surface area contributed by atoms with Crippen LogP contribution in [0, 0.1) is 11.8 Å². The molecule has 13 heteroatoms. The van der Waals surface area contributed by atoms with Crippen LogP contribution in [0.3, 0.4) is 0 Å². The molecule has 0 aliphatic carbocycles. The maximum absolute atomic E-state index is 13.9. The molecule has 3 aromatic carbocycles. The first-order valence-electron chi connectivity index (χ1n) is 23.1. The van der Waals surface area contributed by atoms with Gasteiger partial charge >= 0.3 is 5.97 Å². The van der Waals surface area contributed by atoms with E-state index in [1.54, 1.807) is 60.8 Å². The fraction of sp³-hybridized carbons (Fsp3) is 0.451. The molecule has 3 saturated heterocycles. The molecule has 3 N–H and O–H groups in total. The number of anilines is 2. The van der Waals surface area contributed by atoms with E-state index in [4.69, 9.17) is 5.11 Å². The Hall–Kier alpha value is -6.11. The predicted octanol–water partition coefficient (Wildman–Crippen LogP) is 8.91. The number of hydrogen-bond donors (Lipinski definition) is 3. The SMILES string of the molecule is O=C(O)CCCC1CCN(C(=O)CCCC2CCN(C(=O)c3cccc(C(=O)Nc4ccc(N5CCCCC5)cc4-c4cc(C(=O)NCc5cccc(CF)c5)ccn4)c3)CC2)CC1. The van der Waals surface area contributed by atoms with Crippen LogP contribution < -0.4 is 15.5 Å². The highest BCUT2D eigenvalue weighted by Crippen LogP contribution is 2.34. The number of alkyl halides is 1. The van der Waals surface area contributed by atoms with Gasteiger partial charge in [0, 0.05) is 92.8 Å². The Balaban J connectivity index is 0.940. The smallest absolute Gasteiger partial charge is 0.303 e. The number of hydrogen-bond acceptors (Lipinski definition) is 7. The molecule has 0 unspecified atom stereocenters. The number of carbonyl (C=O) groups is 5. The fourth-order valence-electron chi connectivity index (χ4n) is 9.34. The van der Waals surface area contributed by atoms with Crippen LogP contribution in [0.2, 0.25) is 0 Å². The van der Waals surface area contributed by atoms with Crippen LogP contribution >= 0.6 is 0 Å². The quantitative estimate of drug-likeness (QED) is 0.0952. The van der Waals surface area contributed by atoms with Crippen molar-refractivity contribution in [1.29, 1.82) is 0 Å². The lowest BCUT2D eigenvalue weighted by Crippen LogP contribution is -2.39. The van der Waals surface area contributed by atoms with Crippen LogP contribution in [-0.2, 0) is 22.8 Å². The number of piperidine rings is 3. The van der Waals surface area contributed by atoms with Gasteiger partial charge in [-0.2, -0.15) is 0 Å². The van der Waals surface area contributed by atoms with Crippen LogP contribution in [-0.4, -0.2) is 88.8 Å². The Morgan fingerprint density at radius 1 is 0.672 bits per heavy atom. The van der Waals surface area contributed by atoms with E-state index in [1.807, 2.05) is 34.1 Å². The van der Waals surface area contributed by atoms with Gasteiger partial charge in [0.05, 0.1) is 11.4 Å². The molecule has 12 nitrogen and oxygen atoms in total. The molecule has 0 spiro atoms. The van der Waals surface area contributed by atoms with E-state index in [0.29, 0.717) is 77.0 Å². The molecule has 4 aromatic rings. The van der Waals surface area contributed by atoms with E-state index < -0.39 is 12.6 Å². The summed E-state index contributed by atoms with van der Waals surface area (Å²) in [5.74, 6) is -0.400. The molecule has 338 valence electrons. The number of rotatable bonds is 17. The summed E-state index contributed by atoms with van der Waals surface area (Å²) >= 11 is 0. The highest BCUT2D eigenvalue weighted by molar-refractivity contribution is 6.08. The van der Waals surface area contributed by atoms with E-state index in [0.717, 1.165) is 95.2 Å². The van der Waals surface area contributed by atoms with Crippen molar-refractivity contribution in [2.24, 2.45) is 11.8 Å². The number of nitrogens with zero attached hydrogens (tertiary/aromatic N) is 4. The highest BCUT2D eigenvalue weighted by atomic mass is 19.1. The van der Waals surface area contributed by atoms with Gasteiger partial charge < -0.3 is 30.4 Å². The zero-order valence-corrected chi connectivity index (χ0v) is 36.7. The summed E-state index contributed by atoms with van der Waals surface area (Å²) in [4.78, 5) is 75.6. The molecule has 4 heterocycles. The number of carboxylic acid groups (broad SMARTS) is 1. The van der Waals surface area contributed by atoms with Crippen molar-refractivity contribution in [2.45, 2.75) is 96.7 Å². The van der Waals surface area contributed by atoms with E-state index in [1.165, 1.54) is 6.42 Å². The van der Waals surface area contributed by atoms with E-state index in [2.05, 4.69) is 20.5 Å². The lowest BCUT2D eigenvalue weighted by Gasteiger charge is -2.33. The van der Waals surface area contributed by atoms with Crippen molar-refractivity contribution in [3.05, 3.63) is 113 Å². The van der Waals surface area contributed by atoms with Gasteiger partial charge in [-0.05, 0) is 142 Å². The van der Waals surface area contributed by atoms with Crippen molar-refractivity contribution >= 4 is 41.0 Å². The van der Waals surface area contributed by atoms with Gasteiger partial charge in [-0.1, -0.05) is 30.3 Å². The van der Waals surface area contributed by atoms with Gasteiger partial charge in [-0.25, -0.2) is 4.39 Å². The van der Waals surface area contributed by atoms with Gasteiger partial charge in [0.2, 0.25) is 5.91 Å². The summed E-state index contributed by atoms with van der Waals surface area (Å²) in [5.41, 5.74) is 5.23. The molecule has 7 rings (SSSR count). The maximum Gasteiger partial charge on any atom is 0.303 e. The summed E-state index contributed by atoms with van der Waals surface area (Å²) < 4.78 is 13.2. The van der Waals surface area contributed by atoms with E-state index in [-0.39, 0.29) is 36.6 Å². The Morgan fingerprint density at radius 3 is 2.05 bits per heavy atom. The third-order valence-electron chi connectivity index (χ3n) is 13.1. The number of amides is 4. The van der Waals surface area contributed by atoms with Gasteiger partial charge in [-0.3, -0.25) is 29.0 Å². The van der Waals surface area contributed by atoms with Gasteiger partial charge in [-0.15, -0.1) is 0 Å². The van der Waals surface area contributed by atoms with E-state index in [9.17, 15) is 28.4 Å². The molecule has 64 heavy (non-hydrogen) atoms. The van der Waals surface area contributed by atoms with Gasteiger partial charge in [0.1, 0.15) is 6.67 Å². The Bertz CT molecular complexity index is 2260. The molecular weight excluding hydrogens is 812 g/mol. The third kappa shape index (κ3) is 12.5. The summed E-state index contributed by atoms with van der Waals surface area (Å²) in [5, 5.41) is 14.9. The number of carbonyl (C=O) groups excluding carboxylic acids is 4. The third-order valence-corrected chi connectivity index (χ3v) is 13.1. The maximum atomic E-state index is 13.9. The van der Waals surface area contributed by atoms with Crippen molar-refractivity contribution in [3.8, 4) is 11.3 Å². The molecule has 3 aliphatic rings. The average Bonchev–Trinajstić information content (AvgIpc) is 3.33. The minimum atomic E-state index is -0.751. The second-order valence-corrected chi connectivity index (χ2v) is 17.6. The standard InChI is InChI=1S/C51H61FN6O6/c52-34-38-10-4-11-39(30-38)35-54-49(62)41-18-23-53-46(32-41)44-33-43(56-24-2-1-3-25-56)16-17-45(44)55-50(63)40-12-7-13-42(31-40)51(64)58-28-21-36(22-29-58)8-5-14-47(59)57-26-19-37(20-27-57)9-6-15-48(60)61/h4,7,10-13,16-18,23,30-33,36-37H,1-3,5-6,8-9,14-15,19-22,24-29,34-35H2,(H,54,62)(H,55,63)(H,60,61). The zero-order valence-electron chi connectivity index (χ0n) is 36.7. The first kappa shape index (κ1) is 45.9. The largest absolute Gasteiger partial charge is 0.481 e. The van der Waals surface area contributed by atoms with Crippen LogP contribution in [0.4, 0.5) is 15.8 Å². The lowest BCUT2D eigenvalue weighted by atomic mass is 9.90. The van der Waals surface area contributed by atoms with Crippen molar-refractivity contribution in [1.82, 2.24) is 20.1 Å². The van der Waals surface area contributed by atoms with Crippen LogP contribution in [0.1, 0.15) is 126 Å². The number of aromatic nitrogens is 1. The Kier molecular flexibility index (Phi) is 16.1. The zero-order chi connectivity index (χ0) is 44.8. The van der Waals surface area contributed by atoms with Crippen LogP contribution in [0.5, 0.6) is 0 Å². The van der Waals surface area contributed by atoms with Crippen LogP contribution in [0.25, 0.3) is 11.3 Å². The first-order chi connectivity index (χ1) is 31.1. The number of nitrogens with one attached hydrogen (secondary N) is 2. The number of halogens is 1. The topological polar surface area (TPSA) is 152 Å². The molecule has 3 fully saturated rings. The number of likely N-dealkylation sites (tertiary alicyclic amines) is 2. The minimum absolute atomic E-state index is 0.115. The van der Waals surface area contributed by atoms with E-state index >= 15 is 0 Å².